The summed E-state index contributed by atoms with van der Waals surface area (Å²) >= 11 is 8.21. The zero-order valence-electron chi connectivity index (χ0n) is 15.0. The molecule has 0 N–H and O–H groups in total. The molecule has 0 saturated carbocycles. The highest BCUT2D eigenvalue weighted by Gasteiger charge is 2.24. The summed E-state index contributed by atoms with van der Waals surface area (Å²) in [6, 6.07) is 11.5. The van der Waals surface area contributed by atoms with Crippen LogP contribution in [-0.2, 0) is 0 Å². The number of rotatable bonds is 4. The van der Waals surface area contributed by atoms with Crippen LogP contribution in [0.4, 0.5) is 0 Å². The molecule has 0 spiro atoms. The predicted molar refractivity (Wildman–Crippen MR) is 107 cm³/mol. The third kappa shape index (κ3) is 4.71. The minimum atomic E-state index is 0.0222. The van der Waals surface area contributed by atoms with Crippen molar-refractivity contribution in [3.8, 4) is 5.88 Å². The highest BCUT2D eigenvalue weighted by atomic mass is 35.5. The van der Waals surface area contributed by atoms with Gasteiger partial charge in [0.05, 0.1) is 11.7 Å². The monoisotopic (exact) mass is 390 g/mol. The number of aromatic nitrogens is 1. The van der Waals surface area contributed by atoms with Crippen LogP contribution in [0.2, 0.25) is 5.02 Å². The van der Waals surface area contributed by atoms with Crippen molar-refractivity contribution >= 4 is 29.3 Å². The summed E-state index contributed by atoms with van der Waals surface area (Å²) in [5.74, 6) is 1.46. The van der Waals surface area contributed by atoms with Crippen LogP contribution in [0, 0.1) is 0 Å². The average molecular weight is 391 g/mol. The first kappa shape index (κ1) is 19.1. The minimum Gasteiger partial charge on any atom is -0.475 e. The first-order valence-electron chi connectivity index (χ1n) is 8.82. The Morgan fingerprint density at radius 3 is 2.77 bits per heavy atom. The number of amides is 1. The Kier molecular flexibility index (Phi) is 6.43. The summed E-state index contributed by atoms with van der Waals surface area (Å²) in [5, 5.41) is 1.12. The number of pyridine rings is 1. The highest BCUT2D eigenvalue weighted by Crippen LogP contribution is 2.37. The second kappa shape index (κ2) is 8.78. The molecule has 0 bridgehead atoms. The van der Waals surface area contributed by atoms with Crippen LogP contribution in [0.3, 0.4) is 0 Å². The molecule has 1 aromatic heterocycles. The van der Waals surface area contributed by atoms with E-state index in [-0.39, 0.29) is 12.0 Å². The van der Waals surface area contributed by atoms with Gasteiger partial charge in [-0.15, -0.1) is 0 Å². The van der Waals surface area contributed by atoms with E-state index in [1.165, 1.54) is 0 Å². The van der Waals surface area contributed by atoms with E-state index >= 15 is 0 Å². The molecule has 1 aliphatic heterocycles. The summed E-state index contributed by atoms with van der Waals surface area (Å²) < 4.78 is 5.54. The van der Waals surface area contributed by atoms with Crippen LogP contribution >= 0.6 is 23.4 Å². The van der Waals surface area contributed by atoms with Crippen molar-refractivity contribution in [3.63, 3.8) is 0 Å². The van der Waals surface area contributed by atoms with Crippen LogP contribution in [-0.4, -0.2) is 40.7 Å². The molecule has 26 heavy (non-hydrogen) atoms. The molecule has 1 unspecified atom stereocenters. The molecule has 1 aliphatic rings. The van der Waals surface area contributed by atoms with Gasteiger partial charge < -0.3 is 9.64 Å². The van der Waals surface area contributed by atoms with Crippen molar-refractivity contribution in [3.05, 3.63) is 58.7 Å². The van der Waals surface area contributed by atoms with E-state index < -0.39 is 0 Å². The Bertz CT molecular complexity index is 752. The lowest BCUT2D eigenvalue weighted by Crippen LogP contribution is -2.33. The van der Waals surface area contributed by atoms with Gasteiger partial charge in [0, 0.05) is 41.4 Å². The number of ether oxygens (including phenoxy) is 1. The van der Waals surface area contributed by atoms with Gasteiger partial charge in [-0.2, -0.15) is 11.8 Å². The van der Waals surface area contributed by atoms with E-state index in [0.717, 1.165) is 29.3 Å². The standard InChI is InChI=1S/C20H23ClN2O2S/c1-14(2)25-19-8-7-15(13-22-19)20(24)23-10-9-18(26-12-11-23)16-5-3-4-6-17(16)21/h3-8,13-14,18H,9-12H2,1-2H3. The third-order valence-corrected chi connectivity index (χ3v) is 5.87. The van der Waals surface area contributed by atoms with E-state index in [1.54, 1.807) is 18.3 Å². The Morgan fingerprint density at radius 2 is 2.08 bits per heavy atom. The van der Waals surface area contributed by atoms with Crippen LogP contribution in [0.25, 0.3) is 0 Å². The van der Waals surface area contributed by atoms with Crippen LogP contribution in [0.1, 0.15) is 41.4 Å². The first-order valence-corrected chi connectivity index (χ1v) is 10.3. The molecule has 1 aromatic carbocycles. The largest absolute Gasteiger partial charge is 0.475 e. The number of thioether (sulfide) groups is 1. The summed E-state index contributed by atoms with van der Waals surface area (Å²) in [7, 11) is 0. The number of hydrogen-bond acceptors (Lipinski definition) is 4. The number of carbonyl (C=O) groups is 1. The Labute approximate surface area is 163 Å². The quantitative estimate of drug-likeness (QED) is 0.748. The number of nitrogens with zero attached hydrogens (tertiary/aromatic N) is 2. The normalized spacial score (nSPS) is 17.8. The molecule has 2 aromatic rings. The smallest absolute Gasteiger partial charge is 0.255 e. The number of carbonyl (C=O) groups excluding carboxylic acids is 1. The Hall–Kier alpha value is -1.72. The molecular formula is C20H23ClN2O2S. The molecule has 4 nitrogen and oxygen atoms in total. The fraction of sp³-hybridized carbons (Fsp3) is 0.400. The maximum absolute atomic E-state index is 12.8. The lowest BCUT2D eigenvalue weighted by molar-refractivity contribution is 0.0766. The predicted octanol–water partition coefficient (Wildman–Crippen LogP) is 4.84. The number of benzene rings is 1. The maximum Gasteiger partial charge on any atom is 0.255 e. The SMILES string of the molecule is CC(C)Oc1ccc(C(=O)N2CCSC(c3ccccc3Cl)CC2)cn1. The average Bonchev–Trinajstić information content (AvgIpc) is 2.88. The first-order chi connectivity index (χ1) is 12.5. The third-order valence-electron chi connectivity index (χ3n) is 4.22. The Balaban J connectivity index is 1.65. The molecule has 1 saturated heterocycles. The van der Waals surface area contributed by atoms with E-state index in [9.17, 15) is 4.79 Å². The van der Waals surface area contributed by atoms with Crippen LogP contribution in [0.15, 0.2) is 42.6 Å². The lowest BCUT2D eigenvalue weighted by Gasteiger charge is -2.20. The lowest BCUT2D eigenvalue weighted by atomic mass is 10.1. The zero-order chi connectivity index (χ0) is 18.5. The summed E-state index contributed by atoms with van der Waals surface area (Å²) in [4.78, 5) is 19.0. The number of halogens is 1. The van der Waals surface area contributed by atoms with Crippen LogP contribution < -0.4 is 4.74 Å². The van der Waals surface area contributed by atoms with Crippen molar-refractivity contribution in [1.82, 2.24) is 9.88 Å². The van der Waals surface area contributed by atoms with Crippen LogP contribution in [0.5, 0.6) is 5.88 Å². The molecule has 1 amide bonds. The Morgan fingerprint density at radius 1 is 1.27 bits per heavy atom. The van der Waals surface area contributed by atoms with Crippen molar-refractivity contribution in [2.24, 2.45) is 0 Å². The molecule has 0 aliphatic carbocycles. The van der Waals surface area contributed by atoms with Gasteiger partial charge in [-0.3, -0.25) is 4.79 Å². The van der Waals surface area contributed by atoms with E-state index in [4.69, 9.17) is 16.3 Å². The minimum absolute atomic E-state index is 0.0222. The van der Waals surface area contributed by atoms with Gasteiger partial charge >= 0.3 is 0 Å². The van der Waals surface area contributed by atoms with Crippen molar-refractivity contribution in [1.29, 1.82) is 0 Å². The molecular weight excluding hydrogens is 368 g/mol. The van der Waals surface area contributed by atoms with Gasteiger partial charge in [-0.1, -0.05) is 29.8 Å². The van der Waals surface area contributed by atoms with Crippen molar-refractivity contribution < 1.29 is 9.53 Å². The van der Waals surface area contributed by atoms with E-state index in [1.807, 2.05) is 48.7 Å². The molecule has 3 rings (SSSR count). The molecule has 6 heteroatoms. The zero-order valence-corrected chi connectivity index (χ0v) is 16.6. The molecule has 1 atom stereocenters. The van der Waals surface area contributed by atoms with Gasteiger partial charge in [-0.25, -0.2) is 4.98 Å². The fourth-order valence-corrected chi connectivity index (χ4v) is 4.56. The van der Waals surface area contributed by atoms with Gasteiger partial charge in [0.15, 0.2) is 0 Å². The second-order valence-electron chi connectivity index (χ2n) is 6.51. The maximum atomic E-state index is 12.8. The van der Waals surface area contributed by atoms with E-state index in [2.05, 4.69) is 11.1 Å². The fourth-order valence-electron chi connectivity index (χ4n) is 2.96. The topological polar surface area (TPSA) is 42.4 Å². The van der Waals surface area contributed by atoms with E-state index in [0.29, 0.717) is 23.2 Å². The van der Waals surface area contributed by atoms with Gasteiger partial charge in [0.1, 0.15) is 0 Å². The van der Waals surface area contributed by atoms with Gasteiger partial charge in [-0.05, 0) is 38.0 Å². The molecule has 138 valence electrons. The summed E-state index contributed by atoms with van der Waals surface area (Å²) in [5.41, 5.74) is 1.76. The molecule has 2 heterocycles. The molecule has 0 radical (unpaired) electrons. The summed E-state index contributed by atoms with van der Waals surface area (Å²) in [6.07, 6.45) is 2.56. The number of hydrogen-bond donors (Lipinski definition) is 0. The second-order valence-corrected chi connectivity index (χ2v) is 8.23. The van der Waals surface area contributed by atoms with Gasteiger partial charge in [0.2, 0.25) is 5.88 Å². The van der Waals surface area contributed by atoms with Crippen molar-refractivity contribution in [2.45, 2.75) is 31.6 Å². The van der Waals surface area contributed by atoms with Crippen molar-refractivity contribution in [2.75, 3.05) is 18.8 Å². The van der Waals surface area contributed by atoms with Gasteiger partial charge in [0.25, 0.3) is 5.91 Å². The molecule has 1 fully saturated rings. The highest BCUT2D eigenvalue weighted by molar-refractivity contribution is 7.99. The summed E-state index contributed by atoms with van der Waals surface area (Å²) in [6.45, 7) is 5.34.